The van der Waals surface area contributed by atoms with Crippen molar-refractivity contribution in [1.82, 2.24) is 15.5 Å². The summed E-state index contributed by atoms with van der Waals surface area (Å²) in [7, 11) is 0. The minimum Gasteiger partial charge on any atom is -0.450 e. The normalized spacial score (nSPS) is 21.6. The lowest BCUT2D eigenvalue weighted by molar-refractivity contribution is -0.119. The number of halogens is 1. The third-order valence-corrected chi connectivity index (χ3v) is 7.43. The molecule has 8 nitrogen and oxygen atoms in total. The summed E-state index contributed by atoms with van der Waals surface area (Å²) in [5.74, 6) is 0.0292. The minimum atomic E-state index is -0.552. The first-order chi connectivity index (χ1) is 15.8. The summed E-state index contributed by atoms with van der Waals surface area (Å²) in [6.45, 7) is 4.33. The number of benzene rings is 1. The largest absolute Gasteiger partial charge is 0.450 e. The molecule has 1 unspecified atom stereocenters. The fourth-order valence-electron chi connectivity index (χ4n) is 5.51. The van der Waals surface area contributed by atoms with Gasteiger partial charge in [-0.25, -0.2) is 4.79 Å². The predicted octanol–water partition coefficient (Wildman–Crippen LogP) is 4.51. The van der Waals surface area contributed by atoms with Crippen LogP contribution in [0.15, 0.2) is 16.5 Å². The van der Waals surface area contributed by atoms with Crippen molar-refractivity contribution in [3.05, 3.63) is 28.5 Å². The summed E-state index contributed by atoms with van der Waals surface area (Å²) in [6, 6.07) is 3.10. The second kappa shape index (κ2) is 8.24. The van der Waals surface area contributed by atoms with E-state index in [1.807, 2.05) is 13.8 Å². The van der Waals surface area contributed by atoms with Gasteiger partial charge in [0.25, 0.3) is 5.91 Å². The zero-order chi connectivity index (χ0) is 23.3. The maximum atomic E-state index is 13.5. The van der Waals surface area contributed by atoms with E-state index in [1.54, 1.807) is 17.0 Å². The first kappa shape index (κ1) is 22.1. The zero-order valence-electron chi connectivity index (χ0n) is 18.9. The van der Waals surface area contributed by atoms with Gasteiger partial charge in [-0.15, -0.1) is 0 Å². The number of rotatable bonds is 4. The highest BCUT2D eigenvalue weighted by molar-refractivity contribution is 6.35. The predicted molar refractivity (Wildman–Crippen MR) is 125 cm³/mol. The first-order valence-corrected chi connectivity index (χ1v) is 12.1. The molecule has 9 heteroatoms. The van der Waals surface area contributed by atoms with Crippen molar-refractivity contribution >= 4 is 46.1 Å². The van der Waals surface area contributed by atoms with E-state index in [2.05, 4.69) is 16.0 Å². The molecule has 1 aromatic carbocycles. The molecule has 1 atom stereocenters. The molecular weight excluding hydrogens is 444 g/mol. The maximum absolute atomic E-state index is 13.5. The van der Waals surface area contributed by atoms with Gasteiger partial charge in [-0.2, -0.15) is 0 Å². The number of anilines is 1. The molecule has 0 bridgehead atoms. The number of hydrogen-bond acceptors (Lipinski definition) is 4. The highest BCUT2D eigenvalue weighted by atomic mass is 35.5. The van der Waals surface area contributed by atoms with Gasteiger partial charge in [0.2, 0.25) is 5.91 Å². The van der Waals surface area contributed by atoms with Crippen LogP contribution in [0.3, 0.4) is 0 Å². The number of amides is 4. The number of carbonyl (C=O) groups is 3. The molecule has 2 aliphatic heterocycles. The summed E-state index contributed by atoms with van der Waals surface area (Å²) in [5.41, 5.74) is 1.44. The third-order valence-electron chi connectivity index (χ3n) is 7.13. The molecule has 1 saturated heterocycles. The van der Waals surface area contributed by atoms with Gasteiger partial charge in [-0.3, -0.25) is 9.59 Å². The minimum absolute atomic E-state index is 0.0217. The quantitative estimate of drug-likeness (QED) is 0.609. The van der Waals surface area contributed by atoms with Gasteiger partial charge in [0.15, 0.2) is 5.76 Å². The Balaban J connectivity index is 1.56. The third kappa shape index (κ3) is 3.84. The van der Waals surface area contributed by atoms with Crippen LogP contribution in [-0.4, -0.2) is 41.4 Å². The van der Waals surface area contributed by atoms with Crippen molar-refractivity contribution in [2.24, 2.45) is 0 Å². The van der Waals surface area contributed by atoms with Crippen LogP contribution in [0.4, 0.5) is 10.5 Å². The van der Waals surface area contributed by atoms with Gasteiger partial charge in [0.05, 0.1) is 16.2 Å². The molecule has 2 fully saturated rings. The molecule has 33 heavy (non-hydrogen) atoms. The Labute approximate surface area is 197 Å². The van der Waals surface area contributed by atoms with Crippen molar-refractivity contribution in [3.8, 4) is 0 Å². The van der Waals surface area contributed by atoms with E-state index in [-0.39, 0.29) is 35.7 Å². The SMILES string of the molecule is CC(C)N(CC1CCC(=O)N1)C(=O)c1cc2cc(Cl)c3c(c2o1)C1(CCCCC1)NC(=O)N3. The van der Waals surface area contributed by atoms with E-state index in [0.29, 0.717) is 35.7 Å². The number of carbonyl (C=O) groups excluding carboxylic acids is 3. The highest BCUT2D eigenvalue weighted by Crippen LogP contribution is 2.49. The number of hydrogen-bond donors (Lipinski definition) is 3. The summed E-state index contributed by atoms with van der Waals surface area (Å²) >= 11 is 6.60. The Kier molecular flexibility index (Phi) is 5.51. The van der Waals surface area contributed by atoms with Crippen molar-refractivity contribution in [1.29, 1.82) is 0 Å². The zero-order valence-corrected chi connectivity index (χ0v) is 19.7. The average Bonchev–Trinajstić information content (AvgIpc) is 3.37. The molecule has 3 N–H and O–H groups in total. The molecule has 1 spiro atoms. The van der Waals surface area contributed by atoms with E-state index in [1.165, 1.54) is 0 Å². The van der Waals surface area contributed by atoms with E-state index in [0.717, 1.165) is 43.1 Å². The summed E-state index contributed by atoms with van der Waals surface area (Å²) in [4.78, 5) is 39.3. The Bertz CT molecular complexity index is 1140. The number of nitrogens with one attached hydrogen (secondary N) is 3. The van der Waals surface area contributed by atoms with Crippen molar-refractivity contribution in [2.75, 3.05) is 11.9 Å². The Morgan fingerprint density at radius 2 is 2.00 bits per heavy atom. The van der Waals surface area contributed by atoms with Crippen LogP contribution in [0.1, 0.15) is 74.9 Å². The first-order valence-electron chi connectivity index (χ1n) is 11.7. The molecule has 1 aromatic heterocycles. The van der Waals surface area contributed by atoms with Crippen LogP contribution < -0.4 is 16.0 Å². The van der Waals surface area contributed by atoms with Gasteiger partial charge < -0.3 is 25.3 Å². The highest BCUT2D eigenvalue weighted by Gasteiger charge is 2.44. The Morgan fingerprint density at radius 1 is 1.24 bits per heavy atom. The summed E-state index contributed by atoms with van der Waals surface area (Å²) in [6.07, 6.45) is 5.90. The van der Waals surface area contributed by atoms with Crippen LogP contribution in [0.5, 0.6) is 0 Å². The number of urea groups is 1. The lowest BCUT2D eigenvalue weighted by Crippen LogP contribution is -2.52. The fourth-order valence-corrected chi connectivity index (χ4v) is 5.77. The molecule has 2 aromatic rings. The molecule has 0 radical (unpaired) electrons. The van der Waals surface area contributed by atoms with Crippen LogP contribution in [-0.2, 0) is 10.3 Å². The van der Waals surface area contributed by atoms with Crippen molar-refractivity contribution < 1.29 is 18.8 Å². The second-order valence-electron chi connectivity index (χ2n) is 9.71. The van der Waals surface area contributed by atoms with Crippen LogP contribution in [0.25, 0.3) is 11.0 Å². The molecule has 5 rings (SSSR count). The molecule has 3 aliphatic rings. The number of fused-ring (bicyclic) bond motifs is 4. The Morgan fingerprint density at radius 3 is 2.67 bits per heavy atom. The molecule has 3 heterocycles. The molecule has 1 aliphatic carbocycles. The van der Waals surface area contributed by atoms with Gasteiger partial charge in [0.1, 0.15) is 5.58 Å². The monoisotopic (exact) mass is 472 g/mol. The van der Waals surface area contributed by atoms with Crippen LogP contribution in [0.2, 0.25) is 5.02 Å². The number of nitrogens with zero attached hydrogens (tertiary/aromatic N) is 1. The number of furan rings is 1. The van der Waals surface area contributed by atoms with E-state index in [9.17, 15) is 14.4 Å². The Hall–Kier alpha value is -2.74. The standard InChI is InChI=1S/C24H29ClN4O4/c1-13(2)29(12-15-6-7-18(30)26-15)22(31)17-11-14-10-16(25)20-19(21(14)33-17)24(28-23(32)27-20)8-4-3-5-9-24/h10-11,13,15H,3-9,12H2,1-2H3,(H,26,30)(H2,27,28,32). The lowest BCUT2D eigenvalue weighted by Gasteiger charge is -2.42. The molecular formula is C24H29ClN4O4. The van der Waals surface area contributed by atoms with Crippen molar-refractivity contribution in [2.45, 2.75) is 76.4 Å². The van der Waals surface area contributed by atoms with Crippen molar-refractivity contribution in [3.63, 3.8) is 0 Å². The van der Waals surface area contributed by atoms with E-state index in [4.69, 9.17) is 16.0 Å². The van der Waals surface area contributed by atoms with Crippen LogP contribution >= 0.6 is 11.6 Å². The van der Waals surface area contributed by atoms with Gasteiger partial charge in [-0.05, 0) is 45.2 Å². The summed E-state index contributed by atoms with van der Waals surface area (Å²) in [5, 5.41) is 10.1. The lowest BCUT2D eigenvalue weighted by atomic mass is 9.74. The molecule has 176 valence electrons. The smallest absolute Gasteiger partial charge is 0.319 e. The molecule has 4 amide bonds. The van der Waals surface area contributed by atoms with Gasteiger partial charge >= 0.3 is 6.03 Å². The topological polar surface area (TPSA) is 104 Å². The van der Waals surface area contributed by atoms with Crippen LogP contribution in [0, 0.1) is 0 Å². The fraction of sp³-hybridized carbons (Fsp3) is 0.542. The second-order valence-corrected chi connectivity index (χ2v) is 10.1. The molecule has 1 saturated carbocycles. The average molecular weight is 473 g/mol. The van der Waals surface area contributed by atoms with E-state index < -0.39 is 5.54 Å². The van der Waals surface area contributed by atoms with Gasteiger partial charge in [0, 0.05) is 36.0 Å². The van der Waals surface area contributed by atoms with Gasteiger partial charge in [-0.1, -0.05) is 30.9 Å². The maximum Gasteiger partial charge on any atom is 0.319 e. The van der Waals surface area contributed by atoms with E-state index >= 15 is 0 Å². The summed E-state index contributed by atoms with van der Waals surface area (Å²) < 4.78 is 6.23.